The maximum Gasteiger partial charge on any atom is 0.379 e. The number of halogens is 2. The molecule has 0 amide bonds. The molecule has 0 fully saturated rings. The van der Waals surface area contributed by atoms with E-state index in [-0.39, 0.29) is 6.61 Å². The number of rotatable bonds is 3. The molecule has 0 aliphatic rings. The van der Waals surface area contributed by atoms with Crippen molar-refractivity contribution < 1.29 is 28.2 Å². The molecule has 1 N–H and O–H groups in total. The van der Waals surface area contributed by atoms with E-state index in [9.17, 15) is 18.4 Å². The molecule has 0 aliphatic carbocycles. The number of hydrogen-bond acceptors (Lipinski definition) is 4. The van der Waals surface area contributed by atoms with Crippen LogP contribution in [0.1, 0.15) is 17.3 Å². The lowest BCUT2D eigenvalue weighted by molar-refractivity contribution is -0.137. The van der Waals surface area contributed by atoms with Gasteiger partial charge in [-0.3, -0.25) is 4.79 Å². The first-order chi connectivity index (χ1) is 7.47. The molecule has 16 heavy (non-hydrogen) atoms. The molecule has 1 aromatic rings. The van der Waals surface area contributed by atoms with E-state index < -0.39 is 34.7 Å². The van der Waals surface area contributed by atoms with Gasteiger partial charge in [0.15, 0.2) is 11.6 Å². The van der Waals surface area contributed by atoms with Gasteiger partial charge in [0.1, 0.15) is 5.82 Å². The Morgan fingerprint density at radius 2 is 2.00 bits per heavy atom. The minimum atomic E-state index is -1.31. The monoisotopic (exact) mass is 230 g/mol. The normalized spacial score (nSPS) is 9.94. The Bertz CT molecular complexity index is 443. The molecular weight excluding hydrogens is 222 g/mol. The van der Waals surface area contributed by atoms with Gasteiger partial charge in [-0.2, -0.15) is 0 Å². The van der Waals surface area contributed by atoms with Crippen LogP contribution in [-0.2, 0) is 9.53 Å². The number of ether oxygens (including phenoxy) is 1. The van der Waals surface area contributed by atoms with Gasteiger partial charge < -0.3 is 9.84 Å². The highest BCUT2D eigenvalue weighted by atomic mass is 19.1. The first-order valence-electron chi connectivity index (χ1n) is 4.36. The van der Waals surface area contributed by atoms with E-state index >= 15 is 0 Å². The average Bonchev–Trinajstić information content (AvgIpc) is 2.22. The fourth-order valence-electron chi connectivity index (χ4n) is 1.05. The van der Waals surface area contributed by atoms with Crippen LogP contribution < -0.4 is 0 Å². The molecule has 0 atom stereocenters. The van der Waals surface area contributed by atoms with Crippen LogP contribution >= 0.6 is 0 Å². The molecule has 0 saturated carbocycles. The van der Waals surface area contributed by atoms with Crippen molar-refractivity contribution in [2.45, 2.75) is 6.92 Å². The van der Waals surface area contributed by atoms with Crippen molar-refractivity contribution in [3.05, 3.63) is 29.3 Å². The number of phenolic OH excluding ortho intramolecular Hbond substituents is 1. The summed E-state index contributed by atoms with van der Waals surface area (Å²) in [4.78, 5) is 22.3. The zero-order chi connectivity index (χ0) is 12.3. The molecule has 0 radical (unpaired) electrons. The third-order valence-electron chi connectivity index (χ3n) is 1.73. The van der Waals surface area contributed by atoms with Gasteiger partial charge in [0.05, 0.1) is 12.2 Å². The van der Waals surface area contributed by atoms with Gasteiger partial charge in [-0.15, -0.1) is 0 Å². The van der Waals surface area contributed by atoms with Crippen LogP contribution in [0.25, 0.3) is 0 Å². The maximum atomic E-state index is 12.9. The summed E-state index contributed by atoms with van der Waals surface area (Å²) in [6, 6.07) is 0.967. The topological polar surface area (TPSA) is 63.6 Å². The first kappa shape index (κ1) is 12.1. The number of aromatic hydroxyl groups is 1. The zero-order valence-electron chi connectivity index (χ0n) is 8.29. The lowest BCUT2D eigenvalue weighted by Gasteiger charge is -2.04. The van der Waals surface area contributed by atoms with Crippen molar-refractivity contribution in [3.63, 3.8) is 0 Å². The fraction of sp³-hybridized carbons (Fsp3) is 0.200. The van der Waals surface area contributed by atoms with Crippen LogP contribution in [0, 0.1) is 11.6 Å². The molecule has 0 bridgehead atoms. The Morgan fingerprint density at radius 1 is 1.38 bits per heavy atom. The molecule has 4 nitrogen and oxygen atoms in total. The summed E-state index contributed by atoms with van der Waals surface area (Å²) in [6.07, 6.45) is 0. The fourth-order valence-corrected chi connectivity index (χ4v) is 1.05. The molecule has 0 spiro atoms. The summed E-state index contributed by atoms with van der Waals surface area (Å²) in [5.41, 5.74) is -0.754. The van der Waals surface area contributed by atoms with Gasteiger partial charge in [-0.1, -0.05) is 0 Å². The Kier molecular flexibility index (Phi) is 3.55. The number of phenols is 1. The number of benzene rings is 1. The van der Waals surface area contributed by atoms with Crippen LogP contribution in [0.4, 0.5) is 8.78 Å². The van der Waals surface area contributed by atoms with E-state index in [0.29, 0.717) is 12.1 Å². The average molecular weight is 230 g/mol. The first-order valence-corrected chi connectivity index (χ1v) is 4.36. The Balaban J connectivity index is 3.13. The number of carbonyl (C=O) groups excluding carboxylic acids is 2. The molecule has 0 saturated heterocycles. The Morgan fingerprint density at radius 3 is 2.56 bits per heavy atom. The predicted octanol–water partition coefficient (Wildman–Crippen LogP) is 1.42. The van der Waals surface area contributed by atoms with E-state index in [4.69, 9.17) is 5.11 Å². The lowest BCUT2D eigenvalue weighted by Crippen LogP contribution is -2.18. The van der Waals surface area contributed by atoms with E-state index in [0.717, 1.165) is 0 Å². The third-order valence-corrected chi connectivity index (χ3v) is 1.73. The molecule has 0 unspecified atom stereocenters. The van der Waals surface area contributed by atoms with E-state index in [1.165, 1.54) is 6.92 Å². The van der Waals surface area contributed by atoms with Crippen molar-refractivity contribution in [2.75, 3.05) is 6.61 Å². The number of hydrogen-bond donors (Lipinski definition) is 1. The molecule has 1 aromatic carbocycles. The van der Waals surface area contributed by atoms with E-state index in [1.807, 2.05) is 0 Å². The molecule has 6 heteroatoms. The van der Waals surface area contributed by atoms with E-state index in [1.54, 1.807) is 0 Å². The number of Topliss-reactive ketones (excluding diaryl/α,β-unsaturated/α-hetero) is 1. The van der Waals surface area contributed by atoms with Crippen LogP contribution in [0.3, 0.4) is 0 Å². The smallest absolute Gasteiger partial charge is 0.379 e. The highest BCUT2D eigenvalue weighted by Gasteiger charge is 2.23. The Hall–Kier alpha value is -1.98. The van der Waals surface area contributed by atoms with Crippen LogP contribution in [-0.4, -0.2) is 23.5 Å². The van der Waals surface area contributed by atoms with Gasteiger partial charge in [-0.05, 0) is 13.0 Å². The molecule has 0 heterocycles. The molecule has 0 aliphatic heterocycles. The summed E-state index contributed by atoms with van der Waals surface area (Å²) in [7, 11) is 0. The quantitative estimate of drug-likeness (QED) is 0.484. The SMILES string of the molecule is CCOC(=O)C(=O)c1cc(F)cc(F)c1O. The summed E-state index contributed by atoms with van der Waals surface area (Å²) >= 11 is 0. The number of esters is 1. The van der Waals surface area contributed by atoms with Gasteiger partial charge in [-0.25, -0.2) is 13.6 Å². The van der Waals surface area contributed by atoms with Crippen molar-refractivity contribution >= 4 is 11.8 Å². The molecule has 0 aromatic heterocycles. The van der Waals surface area contributed by atoms with Crippen LogP contribution in [0.15, 0.2) is 12.1 Å². The highest BCUT2D eigenvalue weighted by molar-refractivity contribution is 6.41. The summed E-state index contributed by atoms with van der Waals surface area (Å²) in [6.45, 7) is 1.42. The number of ketones is 1. The molecule has 86 valence electrons. The van der Waals surface area contributed by atoms with Crippen LogP contribution in [0.2, 0.25) is 0 Å². The predicted molar refractivity (Wildman–Crippen MR) is 49.0 cm³/mol. The van der Waals surface area contributed by atoms with Gasteiger partial charge in [0, 0.05) is 6.07 Å². The second-order valence-electron chi connectivity index (χ2n) is 2.83. The standard InChI is InChI=1S/C10H8F2O4/c1-2-16-10(15)9(14)6-3-5(11)4-7(12)8(6)13/h3-4,13H,2H2,1H3. The van der Waals surface area contributed by atoms with Crippen molar-refractivity contribution in [1.29, 1.82) is 0 Å². The van der Waals surface area contributed by atoms with Crippen molar-refractivity contribution in [3.8, 4) is 5.75 Å². The third kappa shape index (κ3) is 2.33. The zero-order valence-corrected chi connectivity index (χ0v) is 8.29. The summed E-state index contributed by atoms with van der Waals surface area (Å²) < 4.78 is 30.0. The largest absolute Gasteiger partial charge is 0.504 e. The second-order valence-corrected chi connectivity index (χ2v) is 2.83. The molecular formula is C10H8F2O4. The maximum absolute atomic E-state index is 12.9. The summed E-state index contributed by atoms with van der Waals surface area (Å²) in [5.74, 6) is -6.02. The minimum Gasteiger partial charge on any atom is -0.504 e. The van der Waals surface area contributed by atoms with Gasteiger partial charge in [0.2, 0.25) is 0 Å². The van der Waals surface area contributed by atoms with Crippen molar-refractivity contribution in [2.24, 2.45) is 0 Å². The lowest BCUT2D eigenvalue weighted by atomic mass is 10.1. The van der Waals surface area contributed by atoms with Crippen LogP contribution in [0.5, 0.6) is 5.75 Å². The van der Waals surface area contributed by atoms with E-state index in [2.05, 4.69) is 4.74 Å². The summed E-state index contributed by atoms with van der Waals surface area (Å²) in [5, 5.41) is 9.14. The second kappa shape index (κ2) is 4.69. The Labute approximate surface area is 89.5 Å². The minimum absolute atomic E-state index is 0.0524. The van der Waals surface area contributed by atoms with Gasteiger partial charge in [0.25, 0.3) is 5.78 Å². The highest BCUT2D eigenvalue weighted by Crippen LogP contribution is 2.23. The number of carbonyl (C=O) groups is 2. The van der Waals surface area contributed by atoms with Gasteiger partial charge >= 0.3 is 5.97 Å². The van der Waals surface area contributed by atoms with Crippen molar-refractivity contribution in [1.82, 2.24) is 0 Å². The molecule has 1 rings (SSSR count).